The summed E-state index contributed by atoms with van der Waals surface area (Å²) in [7, 11) is 2.60. The van der Waals surface area contributed by atoms with E-state index < -0.39 is 15.0 Å². The lowest BCUT2D eigenvalue weighted by atomic mass is 10.1. The monoisotopic (exact) mass is 423 g/mol. The number of unbranched alkanes of at least 4 members (excludes halogenated alkanes) is 8. The molecule has 1 aromatic carbocycles. The molecular weight excluding hydrogens is 386 g/mol. The van der Waals surface area contributed by atoms with Crippen LogP contribution in [-0.2, 0) is 13.3 Å². The molecule has 7 heteroatoms. The van der Waals surface area contributed by atoms with Crippen LogP contribution in [0.1, 0.15) is 79.9 Å². The maximum Gasteiger partial charge on any atom is 0.500 e. The number of hydrogen-bond acceptors (Lipinski definition) is 5. The number of amides is 1. The van der Waals surface area contributed by atoms with Gasteiger partial charge in [-0.1, -0.05) is 63.1 Å². The smallest absolute Gasteiger partial charge is 0.377 e. The molecule has 0 saturated heterocycles. The van der Waals surface area contributed by atoms with E-state index in [-0.39, 0.29) is 5.91 Å². The summed E-state index contributed by atoms with van der Waals surface area (Å²) in [6.45, 7) is 0.624. The number of aliphatic hydroxyl groups is 1. The van der Waals surface area contributed by atoms with Crippen molar-refractivity contribution in [1.29, 1.82) is 0 Å². The summed E-state index contributed by atoms with van der Waals surface area (Å²) >= 11 is 0. The zero-order valence-corrected chi connectivity index (χ0v) is 19.2. The summed E-state index contributed by atoms with van der Waals surface area (Å²) in [4.78, 5) is 14.0. The predicted molar refractivity (Wildman–Crippen MR) is 116 cm³/mol. The highest BCUT2D eigenvalue weighted by Crippen LogP contribution is 2.31. The highest BCUT2D eigenvalue weighted by atomic mass is 28.4. The van der Waals surface area contributed by atoms with Crippen LogP contribution in [0.3, 0.4) is 0 Å². The van der Waals surface area contributed by atoms with Crippen molar-refractivity contribution in [2.75, 3.05) is 27.9 Å². The molecule has 0 saturated carbocycles. The minimum atomic E-state index is -2.40. The van der Waals surface area contributed by atoms with Gasteiger partial charge in [-0.2, -0.15) is 0 Å². The molecule has 0 radical (unpaired) electrons. The first-order valence-electron chi connectivity index (χ1n) is 10.8. The average molecular weight is 424 g/mol. The zero-order chi connectivity index (χ0) is 21.1. The van der Waals surface area contributed by atoms with E-state index >= 15 is 0 Å². The molecule has 2 rings (SSSR count). The number of rotatable bonds is 15. The van der Waals surface area contributed by atoms with Crippen LogP contribution in [0.4, 0.5) is 0 Å². The number of fused-ring (bicyclic) bond motifs is 1. The van der Waals surface area contributed by atoms with Gasteiger partial charge in [0, 0.05) is 45.0 Å². The molecule has 1 aliphatic rings. The van der Waals surface area contributed by atoms with Gasteiger partial charge in [0.05, 0.1) is 0 Å². The van der Waals surface area contributed by atoms with Gasteiger partial charge in [0.15, 0.2) is 6.23 Å². The molecule has 6 nitrogen and oxygen atoms in total. The number of carbonyl (C=O) groups is 1. The van der Waals surface area contributed by atoms with E-state index in [9.17, 15) is 9.90 Å². The predicted octanol–water partition coefficient (Wildman–Crippen LogP) is 4.52. The Labute approximate surface area is 176 Å². The van der Waals surface area contributed by atoms with Gasteiger partial charge in [-0.25, -0.2) is 0 Å². The fraction of sp³-hybridized carbons (Fsp3) is 0.682. The molecule has 1 atom stereocenters. The number of carbonyl (C=O) groups excluding carboxylic acids is 1. The van der Waals surface area contributed by atoms with Gasteiger partial charge in [-0.15, -0.1) is 0 Å². The standard InChI is InChI=1S/C22H37NO5Si/c1-26-29(27-2,28-3)18-14-10-8-6-4-5-7-9-13-17-23-21(24)19-15-11-12-16-20(19)22(23)25/h11-12,15-16,21,24H,4-10,13-14,17-18H2,1-3H3. The normalized spacial score (nSPS) is 16.5. The summed E-state index contributed by atoms with van der Waals surface area (Å²) in [5.41, 5.74) is 1.38. The summed E-state index contributed by atoms with van der Waals surface area (Å²) in [5, 5.41) is 10.3. The lowest BCUT2D eigenvalue weighted by Crippen LogP contribution is -2.42. The molecule has 1 N–H and O–H groups in total. The molecule has 0 bridgehead atoms. The molecule has 164 valence electrons. The van der Waals surface area contributed by atoms with Crippen molar-refractivity contribution >= 4 is 14.7 Å². The van der Waals surface area contributed by atoms with Gasteiger partial charge in [0.2, 0.25) is 0 Å². The molecule has 0 fully saturated rings. The van der Waals surface area contributed by atoms with E-state index in [2.05, 4.69) is 0 Å². The van der Waals surface area contributed by atoms with Gasteiger partial charge >= 0.3 is 8.80 Å². The molecule has 0 aliphatic carbocycles. The summed E-state index contributed by atoms with van der Waals surface area (Å²) in [6, 6.07) is 8.21. The Hall–Kier alpha value is -1.25. The van der Waals surface area contributed by atoms with E-state index in [0.29, 0.717) is 12.1 Å². The molecule has 1 heterocycles. The van der Waals surface area contributed by atoms with Crippen LogP contribution in [0.5, 0.6) is 0 Å². The van der Waals surface area contributed by atoms with Crippen molar-refractivity contribution < 1.29 is 23.2 Å². The zero-order valence-electron chi connectivity index (χ0n) is 18.2. The molecule has 0 spiro atoms. The van der Waals surface area contributed by atoms with E-state index in [0.717, 1.165) is 30.9 Å². The molecule has 29 heavy (non-hydrogen) atoms. The lowest BCUT2D eigenvalue weighted by molar-refractivity contribution is 0.0169. The maximum atomic E-state index is 12.4. The Bertz CT molecular complexity index is 615. The number of benzene rings is 1. The molecule has 1 unspecified atom stereocenters. The average Bonchev–Trinajstić information content (AvgIpc) is 3.00. The third-order valence-electron chi connectivity index (χ3n) is 5.84. The van der Waals surface area contributed by atoms with Crippen molar-refractivity contribution in [3.8, 4) is 0 Å². The Balaban J connectivity index is 1.48. The third kappa shape index (κ3) is 6.62. The lowest BCUT2D eigenvalue weighted by Gasteiger charge is -2.24. The fourth-order valence-electron chi connectivity index (χ4n) is 3.99. The Kier molecular flexibility index (Phi) is 10.3. The number of aliphatic hydroxyl groups excluding tert-OH is 1. The minimum Gasteiger partial charge on any atom is -0.377 e. The maximum absolute atomic E-state index is 12.4. The van der Waals surface area contributed by atoms with Gasteiger partial charge in [0.1, 0.15) is 0 Å². The third-order valence-corrected chi connectivity index (χ3v) is 8.67. The largest absolute Gasteiger partial charge is 0.500 e. The summed E-state index contributed by atoms with van der Waals surface area (Å²) in [6.07, 6.45) is 9.64. The fourth-order valence-corrected chi connectivity index (χ4v) is 5.79. The summed E-state index contributed by atoms with van der Waals surface area (Å²) < 4.78 is 16.3. The Morgan fingerprint density at radius 1 is 0.862 bits per heavy atom. The van der Waals surface area contributed by atoms with Gasteiger partial charge < -0.3 is 23.3 Å². The van der Waals surface area contributed by atoms with Crippen LogP contribution < -0.4 is 0 Å². The van der Waals surface area contributed by atoms with E-state index in [1.807, 2.05) is 18.2 Å². The topological polar surface area (TPSA) is 68.2 Å². The van der Waals surface area contributed by atoms with Crippen molar-refractivity contribution in [2.24, 2.45) is 0 Å². The summed E-state index contributed by atoms with van der Waals surface area (Å²) in [5.74, 6) is -0.0457. The van der Waals surface area contributed by atoms with Crippen LogP contribution >= 0.6 is 0 Å². The van der Waals surface area contributed by atoms with Crippen molar-refractivity contribution in [3.05, 3.63) is 35.4 Å². The van der Waals surface area contributed by atoms with Crippen LogP contribution in [-0.4, -0.2) is 52.6 Å². The molecule has 1 amide bonds. The van der Waals surface area contributed by atoms with Crippen LogP contribution in [0, 0.1) is 0 Å². The van der Waals surface area contributed by atoms with Crippen LogP contribution in [0.2, 0.25) is 6.04 Å². The Morgan fingerprint density at radius 3 is 1.93 bits per heavy atom. The van der Waals surface area contributed by atoms with Gasteiger partial charge in [-0.3, -0.25) is 4.79 Å². The quantitative estimate of drug-likeness (QED) is 0.332. The first-order valence-corrected chi connectivity index (χ1v) is 12.7. The van der Waals surface area contributed by atoms with E-state index in [1.54, 1.807) is 32.3 Å². The van der Waals surface area contributed by atoms with E-state index in [1.165, 1.54) is 38.5 Å². The van der Waals surface area contributed by atoms with Crippen molar-refractivity contribution in [1.82, 2.24) is 4.90 Å². The first kappa shape index (κ1) is 24.0. The number of nitrogens with zero attached hydrogens (tertiary/aromatic N) is 1. The molecular formula is C22H37NO5Si. The second-order valence-electron chi connectivity index (χ2n) is 7.69. The van der Waals surface area contributed by atoms with Crippen molar-refractivity contribution in [2.45, 2.75) is 70.1 Å². The SMILES string of the molecule is CO[Si](CCCCCCCCCCCN1C(=O)c2ccccc2C1O)(OC)OC. The molecule has 0 aromatic heterocycles. The first-order chi connectivity index (χ1) is 14.1. The highest BCUT2D eigenvalue weighted by molar-refractivity contribution is 6.60. The Morgan fingerprint density at radius 2 is 1.38 bits per heavy atom. The second-order valence-corrected chi connectivity index (χ2v) is 10.8. The second kappa shape index (κ2) is 12.4. The highest BCUT2D eigenvalue weighted by Gasteiger charge is 2.36. The number of hydrogen-bond donors (Lipinski definition) is 1. The van der Waals surface area contributed by atoms with Crippen LogP contribution in [0.15, 0.2) is 24.3 Å². The molecule has 1 aromatic rings. The van der Waals surface area contributed by atoms with Crippen molar-refractivity contribution in [3.63, 3.8) is 0 Å². The van der Waals surface area contributed by atoms with E-state index in [4.69, 9.17) is 13.3 Å². The molecule has 1 aliphatic heterocycles. The van der Waals surface area contributed by atoms with Crippen LogP contribution in [0.25, 0.3) is 0 Å². The van der Waals surface area contributed by atoms with Gasteiger partial charge in [-0.05, 0) is 18.9 Å². The minimum absolute atomic E-state index is 0.0457. The van der Waals surface area contributed by atoms with Gasteiger partial charge in [0.25, 0.3) is 5.91 Å².